The summed E-state index contributed by atoms with van der Waals surface area (Å²) in [5.74, 6) is 0.129. The number of urea groups is 1. The molecular weight excluding hydrogens is 462 g/mol. The molecule has 10 heteroatoms. The third-order valence-electron chi connectivity index (χ3n) is 6.39. The van der Waals surface area contributed by atoms with Crippen molar-refractivity contribution >= 4 is 17.8 Å². The fraction of sp³-hybridized carbons (Fsp3) is 0.385. The lowest BCUT2D eigenvalue weighted by Crippen LogP contribution is -2.51. The molecule has 0 radical (unpaired) electrons. The van der Waals surface area contributed by atoms with Gasteiger partial charge in [0.1, 0.15) is 11.8 Å². The Labute approximate surface area is 209 Å². The van der Waals surface area contributed by atoms with Gasteiger partial charge in [0.05, 0.1) is 37.9 Å². The summed E-state index contributed by atoms with van der Waals surface area (Å²) in [5.41, 5.74) is 2.57. The number of hydrogen-bond donors (Lipinski definition) is 2. The summed E-state index contributed by atoms with van der Waals surface area (Å²) < 4.78 is 11.7. The number of nitrogens with one attached hydrogen (secondary N) is 2. The summed E-state index contributed by atoms with van der Waals surface area (Å²) in [7, 11) is 1.63. The molecule has 0 aromatic heterocycles. The van der Waals surface area contributed by atoms with Crippen molar-refractivity contribution in [1.82, 2.24) is 20.4 Å². The van der Waals surface area contributed by atoms with Gasteiger partial charge < -0.3 is 19.7 Å². The van der Waals surface area contributed by atoms with Crippen LogP contribution < -0.4 is 15.4 Å². The van der Waals surface area contributed by atoms with E-state index in [1.807, 2.05) is 36.4 Å². The summed E-state index contributed by atoms with van der Waals surface area (Å²) >= 11 is 0. The Kier molecular flexibility index (Phi) is 8.15. The van der Waals surface area contributed by atoms with Gasteiger partial charge in [-0.25, -0.2) is 4.79 Å². The van der Waals surface area contributed by atoms with Gasteiger partial charge in [0.2, 0.25) is 5.91 Å². The number of benzene rings is 2. The highest BCUT2D eigenvalue weighted by Gasteiger charge is 2.33. The number of carbonyl (C=O) groups excluding carboxylic acids is 3. The summed E-state index contributed by atoms with van der Waals surface area (Å²) in [4.78, 5) is 39.7. The molecule has 36 heavy (non-hydrogen) atoms. The van der Waals surface area contributed by atoms with Gasteiger partial charge in [-0.1, -0.05) is 24.3 Å². The molecule has 2 atom stereocenters. The van der Waals surface area contributed by atoms with E-state index in [-0.39, 0.29) is 18.4 Å². The van der Waals surface area contributed by atoms with Gasteiger partial charge in [0.25, 0.3) is 5.91 Å². The Hall–Kier alpha value is -3.94. The monoisotopic (exact) mass is 491 g/mol. The average molecular weight is 492 g/mol. The zero-order valence-electron chi connectivity index (χ0n) is 20.1. The van der Waals surface area contributed by atoms with Crippen LogP contribution in [-0.4, -0.2) is 73.5 Å². The van der Waals surface area contributed by atoms with E-state index in [1.165, 1.54) is 0 Å². The van der Waals surface area contributed by atoms with Crippen LogP contribution in [0.15, 0.2) is 48.5 Å². The second-order valence-corrected chi connectivity index (χ2v) is 8.79. The normalized spacial score (nSPS) is 18.8. The molecule has 2 saturated heterocycles. The van der Waals surface area contributed by atoms with Crippen molar-refractivity contribution in [3.05, 3.63) is 65.2 Å². The molecule has 2 aliphatic heterocycles. The van der Waals surface area contributed by atoms with Crippen LogP contribution in [0, 0.1) is 11.3 Å². The zero-order chi connectivity index (χ0) is 25.5. The van der Waals surface area contributed by atoms with Crippen LogP contribution in [0.4, 0.5) is 4.79 Å². The minimum Gasteiger partial charge on any atom is -0.497 e. The van der Waals surface area contributed by atoms with Crippen LogP contribution in [0.1, 0.15) is 29.2 Å². The Bertz CT molecular complexity index is 1140. The summed E-state index contributed by atoms with van der Waals surface area (Å²) in [6.07, 6.45) is -0.270. The molecule has 2 N–H and O–H groups in total. The number of carbonyl (C=O) groups is 3. The Morgan fingerprint density at radius 3 is 2.53 bits per heavy atom. The topological polar surface area (TPSA) is 124 Å². The largest absolute Gasteiger partial charge is 0.497 e. The van der Waals surface area contributed by atoms with Crippen LogP contribution in [-0.2, 0) is 20.9 Å². The van der Waals surface area contributed by atoms with Gasteiger partial charge in [0, 0.05) is 32.7 Å². The Balaban J connectivity index is 1.35. The second kappa shape index (κ2) is 11.7. The zero-order valence-corrected chi connectivity index (χ0v) is 20.1. The molecule has 2 unspecified atom stereocenters. The van der Waals surface area contributed by atoms with E-state index in [4.69, 9.17) is 14.7 Å². The molecule has 0 bridgehead atoms. The summed E-state index contributed by atoms with van der Waals surface area (Å²) in [6.45, 7) is 3.40. The van der Waals surface area contributed by atoms with Crippen molar-refractivity contribution in [3.63, 3.8) is 0 Å². The van der Waals surface area contributed by atoms with Crippen LogP contribution in [0.5, 0.6) is 5.75 Å². The first-order chi connectivity index (χ1) is 17.4. The maximum atomic E-state index is 12.6. The van der Waals surface area contributed by atoms with E-state index in [2.05, 4.69) is 21.6 Å². The number of nitrogens with zero attached hydrogens (tertiary/aromatic N) is 3. The molecule has 0 saturated carbocycles. The number of nitriles is 1. The van der Waals surface area contributed by atoms with Crippen LogP contribution in [0.3, 0.4) is 0 Å². The minimum atomic E-state index is -0.809. The van der Waals surface area contributed by atoms with Crippen LogP contribution in [0.25, 0.3) is 0 Å². The van der Waals surface area contributed by atoms with E-state index < -0.39 is 18.0 Å². The molecule has 2 fully saturated rings. The van der Waals surface area contributed by atoms with E-state index in [0.717, 1.165) is 16.9 Å². The predicted octanol–water partition coefficient (Wildman–Crippen LogP) is 1.57. The number of piperazine rings is 1. The molecule has 2 aliphatic rings. The Morgan fingerprint density at radius 2 is 1.89 bits per heavy atom. The fourth-order valence-electron chi connectivity index (χ4n) is 4.29. The van der Waals surface area contributed by atoms with E-state index >= 15 is 0 Å². The Morgan fingerprint density at radius 1 is 1.14 bits per heavy atom. The molecule has 4 amide bonds. The van der Waals surface area contributed by atoms with E-state index in [1.54, 1.807) is 24.1 Å². The first-order valence-electron chi connectivity index (χ1n) is 11.8. The highest BCUT2D eigenvalue weighted by molar-refractivity contribution is 6.05. The molecule has 2 heterocycles. The maximum absolute atomic E-state index is 12.6. The molecule has 2 aromatic rings. The van der Waals surface area contributed by atoms with Gasteiger partial charge in [0.15, 0.2) is 0 Å². The molecular formula is C26H29N5O5. The number of ether oxygens (including phenoxy) is 2. The average Bonchev–Trinajstić information content (AvgIpc) is 3.23. The van der Waals surface area contributed by atoms with Crippen molar-refractivity contribution in [2.24, 2.45) is 0 Å². The number of rotatable bonds is 9. The van der Waals surface area contributed by atoms with Crippen molar-refractivity contribution in [3.8, 4) is 11.8 Å². The van der Waals surface area contributed by atoms with E-state index in [0.29, 0.717) is 44.9 Å². The number of amides is 4. The number of methoxy groups -OCH3 is 1. The lowest BCUT2D eigenvalue weighted by molar-refractivity contribution is -0.135. The molecule has 10 nitrogen and oxygen atoms in total. The summed E-state index contributed by atoms with van der Waals surface area (Å²) in [5, 5.41) is 13.6. The lowest BCUT2D eigenvalue weighted by atomic mass is 10.1. The van der Waals surface area contributed by atoms with Crippen molar-refractivity contribution in [2.75, 3.05) is 39.8 Å². The van der Waals surface area contributed by atoms with Crippen LogP contribution >= 0.6 is 0 Å². The smallest absolute Gasteiger partial charge is 0.322 e. The van der Waals surface area contributed by atoms with Crippen molar-refractivity contribution in [2.45, 2.75) is 25.2 Å². The molecule has 4 rings (SSSR count). The SMILES string of the molecule is COc1cccc(C(CN2CCN(C(=O)CC3NC(=O)NC3=O)CC2)OCc2ccc(C#N)cc2)c1. The number of imide groups is 1. The lowest BCUT2D eigenvalue weighted by Gasteiger charge is -2.36. The van der Waals surface area contributed by atoms with Gasteiger partial charge in [-0.2, -0.15) is 5.26 Å². The second-order valence-electron chi connectivity index (χ2n) is 8.79. The molecule has 0 aliphatic carbocycles. The third kappa shape index (κ3) is 6.38. The summed E-state index contributed by atoms with van der Waals surface area (Å²) in [6, 6.07) is 15.9. The van der Waals surface area contributed by atoms with Crippen molar-refractivity contribution < 1.29 is 23.9 Å². The fourth-order valence-corrected chi connectivity index (χ4v) is 4.29. The van der Waals surface area contributed by atoms with Gasteiger partial charge in [-0.3, -0.25) is 19.8 Å². The van der Waals surface area contributed by atoms with E-state index in [9.17, 15) is 14.4 Å². The molecule has 0 spiro atoms. The molecule has 2 aromatic carbocycles. The number of hydrogen-bond acceptors (Lipinski definition) is 7. The highest BCUT2D eigenvalue weighted by Crippen LogP contribution is 2.25. The van der Waals surface area contributed by atoms with Gasteiger partial charge >= 0.3 is 6.03 Å². The third-order valence-corrected chi connectivity index (χ3v) is 6.39. The quantitative estimate of drug-likeness (QED) is 0.510. The first-order valence-corrected chi connectivity index (χ1v) is 11.8. The van der Waals surface area contributed by atoms with Gasteiger partial charge in [-0.15, -0.1) is 0 Å². The van der Waals surface area contributed by atoms with Crippen molar-refractivity contribution in [1.29, 1.82) is 5.26 Å². The van der Waals surface area contributed by atoms with Gasteiger partial charge in [-0.05, 0) is 35.4 Å². The van der Waals surface area contributed by atoms with Crippen LogP contribution in [0.2, 0.25) is 0 Å². The predicted molar refractivity (Wildman–Crippen MR) is 130 cm³/mol. The standard InChI is InChI=1S/C26H29N5O5/c1-35-21-4-2-3-20(13-21)23(36-17-19-7-5-18(15-27)6-8-19)16-30-9-11-31(12-10-30)24(32)14-22-25(33)29-26(34)28-22/h2-8,13,22-23H,9-12,14,16-17H2,1H3,(H2,28,29,33,34). The maximum Gasteiger partial charge on any atom is 0.322 e. The minimum absolute atomic E-state index is 0.0439. The molecule has 188 valence electrons. The first kappa shape index (κ1) is 25.2. The highest BCUT2D eigenvalue weighted by atomic mass is 16.5.